The first kappa shape index (κ1) is 11.6. The summed E-state index contributed by atoms with van der Waals surface area (Å²) in [5.41, 5.74) is 2.87. The average Bonchev–Trinajstić information content (AvgIpc) is 2.41. The molecule has 1 atom stereocenters. The Morgan fingerprint density at radius 3 is 2.67 bits per heavy atom. The first-order chi connectivity index (χ1) is 8.75. The number of hydrogen-bond donors (Lipinski definition) is 1. The first-order valence-electron chi connectivity index (χ1n) is 5.95. The Labute approximate surface area is 111 Å². The van der Waals surface area contributed by atoms with Crippen LogP contribution < -0.4 is 4.74 Å². The van der Waals surface area contributed by atoms with Gasteiger partial charge < -0.3 is 9.84 Å². The predicted octanol–water partition coefficient (Wildman–Crippen LogP) is 3.82. The van der Waals surface area contributed by atoms with Crippen molar-refractivity contribution < 1.29 is 9.84 Å². The zero-order valence-corrected chi connectivity index (χ0v) is 10.5. The Kier molecular flexibility index (Phi) is 2.98. The minimum Gasteiger partial charge on any atom is -0.492 e. The van der Waals surface area contributed by atoms with Crippen LogP contribution in [0.5, 0.6) is 5.75 Å². The summed E-state index contributed by atoms with van der Waals surface area (Å²) in [7, 11) is 0. The molecule has 0 saturated carbocycles. The lowest BCUT2D eigenvalue weighted by atomic mass is 9.97. The summed E-state index contributed by atoms with van der Waals surface area (Å²) in [6.45, 7) is 0.512. The van der Waals surface area contributed by atoms with Crippen molar-refractivity contribution in [2.75, 3.05) is 6.61 Å². The molecule has 0 unspecified atom stereocenters. The molecule has 0 amide bonds. The molecule has 3 rings (SSSR count). The monoisotopic (exact) mass is 260 g/mol. The molecule has 1 N–H and O–H groups in total. The molecule has 3 heteroatoms. The molecule has 1 heterocycles. The van der Waals surface area contributed by atoms with E-state index in [4.69, 9.17) is 16.3 Å². The van der Waals surface area contributed by atoms with Gasteiger partial charge in [-0.25, -0.2) is 0 Å². The number of ether oxygens (including phenoxy) is 1. The fourth-order valence-electron chi connectivity index (χ4n) is 2.24. The highest BCUT2D eigenvalue weighted by Crippen LogP contribution is 2.40. The van der Waals surface area contributed by atoms with Gasteiger partial charge in [-0.15, -0.1) is 0 Å². The van der Waals surface area contributed by atoms with E-state index in [1.165, 1.54) is 0 Å². The lowest BCUT2D eigenvalue weighted by molar-refractivity contribution is 0.115. The maximum atomic E-state index is 10.0. The summed E-state index contributed by atoms with van der Waals surface area (Å²) in [5, 5.41) is 10.6. The largest absolute Gasteiger partial charge is 0.492 e. The Hall–Kier alpha value is -1.51. The smallest absolute Gasteiger partial charge is 0.143 e. The maximum Gasteiger partial charge on any atom is 0.143 e. The van der Waals surface area contributed by atoms with Crippen molar-refractivity contribution >= 4 is 11.6 Å². The molecule has 0 fully saturated rings. The molecule has 0 bridgehead atoms. The second kappa shape index (κ2) is 4.63. The summed E-state index contributed by atoms with van der Waals surface area (Å²) >= 11 is 6.23. The Morgan fingerprint density at radius 1 is 1.11 bits per heavy atom. The van der Waals surface area contributed by atoms with Gasteiger partial charge in [-0.2, -0.15) is 0 Å². The fraction of sp³-hybridized carbons (Fsp3) is 0.200. The van der Waals surface area contributed by atoms with Gasteiger partial charge in [-0.1, -0.05) is 41.9 Å². The highest BCUT2D eigenvalue weighted by molar-refractivity contribution is 6.32. The van der Waals surface area contributed by atoms with E-state index in [2.05, 4.69) is 0 Å². The maximum absolute atomic E-state index is 10.0. The number of aliphatic hydroxyl groups is 1. The van der Waals surface area contributed by atoms with Gasteiger partial charge in [0.05, 0.1) is 17.7 Å². The second-order valence-corrected chi connectivity index (χ2v) is 4.80. The van der Waals surface area contributed by atoms with Crippen molar-refractivity contribution in [1.29, 1.82) is 0 Å². The van der Waals surface area contributed by atoms with Gasteiger partial charge in [0, 0.05) is 12.0 Å². The fourth-order valence-corrected chi connectivity index (χ4v) is 2.52. The van der Waals surface area contributed by atoms with E-state index in [1.807, 2.05) is 42.5 Å². The highest BCUT2D eigenvalue weighted by Gasteiger charge is 2.22. The third-order valence-corrected chi connectivity index (χ3v) is 3.46. The van der Waals surface area contributed by atoms with Gasteiger partial charge >= 0.3 is 0 Å². The number of benzene rings is 2. The highest BCUT2D eigenvalue weighted by atomic mass is 35.5. The minimum atomic E-state index is -0.491. The zero-order chi connectivity index (χ0) is 12.5. The predicted molar refractivity (Wildman–Crippen MR) is 72.0 cm³/mol. The summed E-state index contributed by atoms with van der Waals surface area (Å²) in [6.07, 6.45) is 0.122. The molecule has 18 heavy (non-hydrogen) atoms. The van der Waals surface area contributed by atoms with Crippen LogP contribution in [-0.2, 0) is 0 Å². The van der Waals surface area contributed by atoms with Crippen LogP contribution in [-0.4, -0.2) is 11.7 Å². The molecule has 92 valence electrons. The molecule has 1 aliphatic rings. The van der Waals surface area contributed by atoms with E-state index >= 15 is 0 Å². The zero-order valence-electron chi connectivity index (χ0n) is 9.77. The minimum absolute atomic E-state index is 0.491. The number of rotatable bonds is 1. The lowest BCUT2D eigenvalue weighted by Crippen LogP contribution is -2.14. The molecule has 0 radical (unpaired) electrons. The summed E-state index contributed by atoms with van der Waals surface area (Å²) in [4.78, 5) is 0. The number of fused-ring (bicyclic) bond motifs is 1. The van der Waals surface area contributed by atoms with Gasteiger partial charge in [0.2, 0.25) is 0 Å². The van der Waals surface area contributed by atoms with Crippen molar-refractivity contribution in [3.05, 3.63) is 53.1 Å². The van der Waals surface area contributed by atoms with Gasteiger partial charge in [0.1, 0.15) is 5.75 Å². The van der Waals surface area contributed by atoms with E-state index in [0.717, 1.165) is 16.7 Å². The van der Waals surface area contributed by atoms with Crippen LogP contribution in [0.25, 0.3) is 11.1 Å². The lowest BCUT2D eigenvalue weighted by Gasteiger charge is -2.24. The van der Waals surface area contributed by atoms with Crippen molar-refractivity contribution in [3.8, 4) is 16.9 Å². The SMILES string of the molecule is O[C@@H]1CCOc2c(Cl)cc(-c3ccccc3)cc21. The van der Waals surface area contributed by atoms with Crippen LogP contribution in [0.4, 0.5) is 0 Å². The van der Waals surface area contributed by atoms with Crippen molar-refractivity contribution in [1.82, 2.24) is 0 Å². The first-order valence-corrected chi connectivity index (χ1v) is 6.33. The van der Waals surface area contributed by atoms with E-state index in [1.54, 1.807) is 0 Å². The van der Waals surface area contributed by atoms with Crippen LogP contribution in [0.2, 0.25) is 5.02 Å². The molecule has 0 aliphatic carbocycles. The number of hydrogen-bond acceptors (Lipinski definition) is 2. The molecular weight excluding hydrogens is 248 g/mol. The van der Waals surface area contributed by atoms with Crippen LogP contribution in [0.1, 0.15) is 18.1 Å². The molecule has 0 saturated heterocycles. The molecule has 2 aromatic carbocycles. The van der Waals surface area contributed by atoms with Crippen LogP contribution in [0.15, 0.2) is 42.5 Å². The van der Waals surface area contributed by atoms with Gasteiger partial charge in [0.25, 0.3) is 0 Å². The Morgan fingerprint density at radius 2 is 1.89 bits per heavy atom. The third-order valence-electron chi connectivity index (χ3n) is 3.18. The summed E-state index contributed by atoms with van der Waals surface area (Å²) < 4.78 is 5.52. The van der Waals surface area contributed by atoms with E-state index in [0.29, 0.717) is 23.8 Å². The molecule has 2 nitrogen and oxygen atoms in total. The van der Waals surface area contributed by atoms with Crippen molar-refractivity contribution in [2.24, 2.45) is 0 Å². The topological polar surface area (TPSA) is 29.5 Å². The van der Waals surface area contributed by atoms with E-state index in [-0.39, 0.29) is 0 Å². The third kappa shape index (κ3) is 1.98. The van der Waals surface area contributed by atoms with Crippen molar-refractivity contribution in [3.63, 3.8) is 0 Å². The quantitative estimate of drug-likeness (QED) is 0.845. The second-order valence-electron chi connectivity index (χ2n) is 4.40. The van der Waals surface area contributed by atoms with E-state index < -0.39 is 6.10 Å². The van der Waals surface area contributed by atoms with Crippen LogP contribution in [0.3, 0.4) is 0 Å². The van der Waals surface area contributed by atoms with Gasteiger partial charge in [-0.05, 0) is 23.3 Å². The standard InChI is InChI=1S/C15H13ClO2/c16-13-9-11(10-4-2-1-3-5-10)8-12-14(17)6-7-18-15(12)13/h1-5,8-9,14,17H,6-7H2/t14-/m1/s1. The number of aliphatic hydroxyl groups excluding tert-OH is 1. The van der Waals surface area contributed by atoms with Gasteiger partial charge in [0.15, 0.2) is 0 Å². The van der Waals surface area contributed by atoms with Gasteiger partial charge in [-0.3, -0.25) is 0 Å². The molecular formula is C15H13ClO2. The molecule has 2 aromatic rings. The molecule has 0 aromatic heterocycles. The molecule has 1 aliphatic heterocycles. The Balaban J connectivity index is 2.14. The summed E-state index contributed by atoms with van der Waals surface area (Å²) in [5.74, 6) is 0.620. The average molecular weight is 261 g/mol. The number of halogens is 1. The normalized spacial score (nSPS) is 18.0. The Bertz CT molecular complexity index is 566. The van der Waals surface area contributed by atoms with Crippen LogP contribution in [0, 0.1) is 0 Å². The van der Waals surface area contributed by atoms with E-state index in [9.17, 15) is 5.11 Å². The summed E-state index contributed by atoms with van der Waals surface area (Å²) in [6, 6.07) is 13.8. The molecule has 0 spiro atoms. The van der Waals surface area contributed by atoms with Crippen LogP contribution >= 0.6 is 11.6 Å². The van der Waals surface area contributed by atoms with Crippen molar-refractivity contribution in [2.45, 2.75) is 12.5 Å².